The van der Waals surface area contributed by atoms with Gasteiger partial charge in [-0.25, -0.2) is 8.78 Å². The molecule has 3 heteroatoms. The number of hydrogen-bond acceptors (Lipinski definition) is 1. The van der Waals surface area contributed by atoms with Crippen molar-refractivity contribution in [1.29, 1.82) is 0 Å². The quantitative estimate of drug-likeness (QED) is 0.726. The maximum absolute atomic E-state index is 13.4. The average Bonchev–Trinajstić information content (AvgIpc) is 2.34. The van der Waals surface area contributed by atoms with Gasteiger partial charge in [0.05, 0.1) is 0 Å². The van der Waals surface area contributed by atoms with Crippen molar-refractivity contribution >= 4 is 0 Å². The maximum Gasteiger partial charge on any atom is 0.126 e. The van der Waals surface area contributed by atoms with Gasteiger partial charge in [-0.05, 0) is 43.5 Å². The normalized spacial score (nSPS) is 11.8. The number of benzene rings is 1. The molecule has 0 aliphatic heterocycles. The Morgan fingerprint density at radius 3 is 2.00 bits per heavy atom. The molecule has 1 aromatic carbocycles. The van der Waals surface area contributed by atoms with Crippen LogP contribution in [0.5, 0.6) is 0 Å². The summed E-state index contributed by atoms with van der Waals surface area (Å²) in [7, 11) is 0. The fraction of sp³-hybridized carbons (Fsp3) is 0.600. The lowest BCUT2D eigenvalue weighted by molar-refractivity contribution is 0.365. The van der Waals surface area contributed by atoms with E-state index in [0.717, 1.165) is 44.0 Å². The van der Waals surface area contributed by atoms with Crippen LogP contribution >= 0.6 is 0 Å². The SMILES string of the molecule is CCCNCC(CC)(CC)c1cc(F)cc(F)c1. The highest BCUT2D eigenvalue weighted by molar-refractivity contribution is 5.27. The Bertz CT molecular complexity index is 353. The predicted molar refractivity (Wildman–Crippen MR) is 71.8 cm³/mol. The van der Waals surface area contributed by atoms with Crippen molar-refractivity contribution in [3.63, 3.8) is 0 Å². The summed E-state index contributed by atoms with van der Waals surface area (Å²) in [6.07, 6.45) is 2.78. The maximum atomic E-state index is 13.4. The lowest BCUT2D eigenvalue weighted by Gasteiger charge is -2.33. The molecule has 0 radical (unpaired) electrons. The first-order valence-corrected chi connectivity index (χ1v) is 6.75. The van der Waals surface area contributed by atoms with Gasteiger partial charge in [-0.15, -0.1) is 0 Å². The molecular formula is C15H23F2N. The Kier molecular flexibility index (Phi) is 5.73. The van der Waals surface area contributed by atoms with Crippen LogP contribution in [-0.2, 0) is 5.41 Å². The van der Waals surface area contributed by atoms with Crippen molar-refractivity contribution in [1.82, 2.24) is 5.32 Å². The van der Waals surface area contributed by atoms with Gasteiger partial charge in [0.15, 0.2) is 0 Å². The molecule has 0 bridgehead atoms. The predicted octanol–water partition coefficient (Wildman–Crippen LogP) is 4.02. The van der Waals surface area contributed by atoms with Crippen LogP contribution in [0.3, 0.4) is 0 Å². The Labute approximate surface area is 109 Å². The number of rotatable bonds is 7. The number of hydrogen-bond donors (Lipinski definition) is 1. The van der Waals surface area contributed by atoms with Gasteiger partial charge in [-0.1, -0.05) is 20.8 Å². The molecule has 0 amide bonds. The second-order valence-corrected chi connectivity index (χ2v) is 4.82. The third kappa shape index (κ3) is 3.52. The van der Waals surface area contributed by atoms with Gasteiger partial charge < -0.3 is 5.32 Å². The minimum Gasteiger partial charge on any atom is -0.316 e. The summed E-state index contributed by atoms with van der Waals surface area (Å²) in [5, 5.41) is 3.37. The highest BCUT2D eigenvalue weighted by atomic mass is 19.1. The number of nitrogens with one attached hydrogen (secondary N) is 1. The molecule has 1 rings (SSSR count). The van der Waals surface area contributed by atoms with Crippen molar-refractivity contribution in [3.8, 4) is 0 Å². The van der Waals surface area contributed by atoms with E-state index in [2.05, 4.69) is 26.1 Å². The molecule has 1 aromatic rings. The molecule has 0 aromatic heterocycles. The van der Waals surface area contributed by atoms with Crippen LogP contribution < -0.4 is 5.32 Å². The molecule has 1 nitrogen and oxygen atoms in total. The van der Waals surface area contributed by atoms with Gasteiger partial charge in [-0.3, -0.25) is 0 Å². The Balaban J connectivity index is 3.01. The third-order valence-electron chi connectivity index (χ3n) is 3.72. The lowest BCUT2D eigenvalue weighted by atomic mass is 9.75. The molecule has 102 valence electrons. The Hall–Kier alpha value is -0.960. The topological polar surface area (TPSA) is 12.0 Å². The average molecular weight is 255 g/mol. The molecule has 1 N–H and O–H groups in total. The van der Waals surface area contributed by atoms with Gasteiger partial charge in [0.25, 0.3) is 0 Å². The van der Waals surface area contributed by atoms with Crippen molar-refractivity contribution in [3.05, 3.63) is 35.4 Å². The molecular weight excluding hydrogens is 232 g/mol. The summed E-state index contributed by atoms with van der Waals surface area (Å²) in [4.78, 5) is 0. The lowest BCUT2D eigenvalue weighted by Crippen LogP contribution is -2.37. The van der Waals surface area contributed by atoms with E-state index in [-0.39, 0.29) is 5.41 Å². The van der Waals surface area contributed by atoms with E-state index in [0.29, 0.717) is 0 Å². The first-order chi connectivity index (χ1) is 8.57. The summed E-state index contributed by atoms with van der Waals surface area (Å²) < 4.78 is 26.7. The van der Waals surface area contributed by atoms with E-state index >= 15 is 0 Å². The fourth-order valence-corrected chi connectivity index (χ4v) is 2.37. The molecule has 0 spiro atoms. The van der Waals surface area contributed by atoms with E-state index in [9.17, 15) is 8.78 Å². The zero-order chi connectivity index (χ0) is 13.6. The van der Waals surface area contributed by atoms with Crippen molar-refractivity contribution in [2.45, 2.75) is 45.4 Å². The molecule has 18 heavy (non-hydrogen) atoms. The van der Waals surface area contributed by atoms with Gasteiger partial charge in [0, 0.05) is 18.0 Å². The van der Waals surface area contributed by atoms with Gasteiger partial charge in [-0.2, -0.15) is 0 Å². The summed E-state index contributed by atoms with van der Waals surface area (Å²) in [5.41, 5.74) is 0.576. The molecule has 0 fully saturated rings. The highest BCUT2D eigenvalue weighted by Crippen LogP contribution is 2.32. The van der Waals surface area contributed by atoms with Crippen LogP contribution in [0.25, 0.3) is 0 Å². The van der Waals surface area contributed by atoms with Crippen LogP contribution in [0.1, 0.15) is 45.6 Å². The number of halogens is 2. The molecule has 0 saturated carbocycles. The van der Waals surface area contributed by atoms with Crippen molar-refractivity contribution in [2.24, 2.45) is 0 Å². The second-order valence-electron chi connectivity index (χ2n) is 4.82. The first-order valence-electron chi connectivity index (χ1n) is 6.75. The van der Waals surface area contributed by atoms with E-state index in [4.69, 9.17) is 0 Å². The van der Waals surface area contributed by atoms with Crippen LogP contribution in [0.2, 0.25) is 0 Å². The second kappa shape index (κ2) is 6.83. The van der Waals surface area contributed by atoms with Gasteiger partial charge in [0.2, 0.25) is 0 Å². The smallest absolute Gasteiger partial charge is 0.126 e. The molecule has 0 heterocycles. The van der Waals surface area contributed by atoms with Crippen LogP contribution in [0.15, 0.2) is 18.2 Å². The molecule has 0 aliphatic rings. The van der Waals surface area contributed by atoms with Crippen LogP contribution in [-0.4, -0.2) is 13.1 Å². The standard InChI is InChI=1S/C15H23F2N/c1-4-7-18-11-15(5-2,6-3)12-8-13(16)10-14(17)9-12/h8-10,18H,4-7,11H2,1-3H3. The van der Waals surface area contributed by atoms with Crippen LogP contribution in [0, 0.1) is 11.6 Å². The minimum absolute atomic E-state index is 0.182. The molecule has 0 unspecified atom stereocenters. The van der Waals surface area contributed by atoms with Gasteiger partial charge in [0.1, 0.15) is 11.6 Å². The van der Waals surface area contributed by atoms with E-state index in [1.54, 1.807) is 0 Å². The largest absolute Gasteiger partial charge is 0.316 e. The van der Waals surface area contributed by atoms with Crippen molar-refractivity contribution < 1.29 is 8.78 Å². The third-order valence-corrected chi connectivity index (χ3v) is 3.72. The Morgan fingerprint density at radius 1 is 1.00 bits per heavy atom. The zero-order valence-electron chi connectivity index (χ0n) is 11.5. The Morgan fingerprint density at radius 2 is 1.56 bits per heavy atom. The zero-order valence-corrected chi connectivity index (χ0v) is 11.5. The molecule has 0 atom stereocenters. The van der Waals surface area contributed by atoms with Crippen molar-refractivity contribution in [2.75, 3.05) is 13.1 Å². The van der Waals surface area contributed by atoms with Crippen LogP contribution in [0.4, 0.5) is 8.78 Å². The highest BCUT2D eigenvalue weighted by Gasteiger charge is 2.28. The minimum atomic E-state index is -0.494. The molecule has 0 saturated heterocycles. The van der Waals surface area contributed by atoms with Gasteiger partial charge >= 0.3 is 0 Å². The summed E-state index contributed by atoms with van der Waals surface area (Å²) in [6, 6.07) is 3.85. The summed E-state index contributed by atoms with van der Waals surface area (Å²) in [6.45, 7) is 7.94. The van der Waals surface area contributed by atoms with E-state index in [1.807, 2.05) is 0 Å². The molecule has 0 aliphatic carbocycles. The summed E-state index contributed by atoms with van der Waals surface area (Å²) >= 11 is 0. The van der Waals surface area contributed by atoms with E-state index in [1.165, 1.54) is 12.1 Å². The fourth-order valence-electron chi connectivity index (χ4n) is 2.37. The summed E-state index contributed by atoms with van der Waals surface area (Å²) in [5.74, 6) is -0.987. The monoisotopic (exact) mass is 255 g/mol. The van der Waals surface area contributed by atoms with E-state index < -0.39 is 11.6 Å². The first kappa shape index (κ1) is 15.1.